The Morgan fingerprint density at radius 1 is 1.19 bits per heavy atom. The minimum absolute atomic E-state index is 0.553. The summed E-state index contributed by atoms with van der Waals surface area (Å²) in [6.45, 7) is 7.72. The van der Waals surface area contributed by atoms with Crippen molar-refractivity contribution >= 4 is 11.0 Å². The zero-order valence-corrected chi connectivity index (χ0v) is 13.5. The molecule has 1 saturated carbocycles. The third-order valence-corrected chi connectivity index (χ3v) is 4.93. The Kier molecular flexibility index (Phi) is 4.29. The van der Waals surface area contributed by atoms with Crippen LogP contribution in [0.25, 0.3) is 11.0 Å². The van der Waals surface area contributed by atoms with Crippen LogP contribution in [0.1, 0.15) is 56.2 Å². The van der Waals surface area contributed by atoms with Crippen molar-refractivity contribution in [2.45, 2.75) is 65.0 Å². The maximum absolute atomic E-state index is 4.65. The van der Waals surface area contributed by atoms with Crippen LogP contribution in [0.2, 0.25) is 0 Å². The summed E-state index contributed by atoms with van der Waals surface area (Å²) in [5.41, 5.74) is 5.13. The molecule has 2 aromatic rings. The number of fused-ring (bicyclic) bond motifs is 1. The van der Waals surface area contributed by atoms with Gasteiger partial charge < -0.3 is 9.88 Å². The number of imidazole rings is 1. The first-order valence-electron chi connectivity index (χ1n) is 8.38. The quantitative estimate of drug-likeness (QED) is 0.915. The number of aromatic nitrogens is 2. The number of hydrogen-bond acceptors (Lipinski definition) is 2. The monoisotopic (exact) mass is 285 g/mol. The molecule has 0 saturated heterocycles. The van der Waals surface area contributed by atoms with E-state index in [2.05, 4.69) is 54.1 Å². The second-order valence-electron chi connectivity index (χ2n) is 6.49. The molecule has 0 amide bonds. The van der Waals surface area contributed by atoms with E-state index in [1.54, 1.807) is 0 Å². The molecule has 3 heteroatoms. The van der Waals surface area contributed by atoms with Crippen LogP contribution in [0.15, 0.2) is 18.5 Å². The molecular weight excluding hydrogens is 258 g/mol. The van der Waals surface area contributed by atoms with E-state index in [-0.39, 0.29) is 0 Å². The van der Waals surface area contributed by atoms with E-state index >= 15 is 0 Å². The van der Waals surface area contributed by atoms with E-state index in [1.807, 2.05) is 0 Å². The third kappa shape index (κ3) is 2.84. The Morgan fingerprint density at radius 2 is 1.95 bits per heavy atom. The van der Waals surface area contributed by atoms with Crippen LogP contribution in [-0.2, 0) is 0 Å². The van der Waals surface area contributed by atoms with Gasteiger partial charge in [0, 0.05) is 6.04 Å². The molecule has 2 atom stereocenters. The van der Waals surface area contributed by atoms with Gasteiger partial charge >= 0.3 is 0 Å². The van der Waals surface area contributed by atoms with Crippen molar-refractivity contribution in [1.82, 2.24) is 14.9 Å². The molecule has 0 radical (unpaired) electrons. The second-order valence-corrected chi connectivity index (χ2v) is 6.49. The van der Waals surface area contributed by atoms with Crippen LogP contribution in [0.4, 0.5) is 0 Å². The predicted octanol–water partition coefficient (Wildman–Crippen LogP) is 4.14. The summed E-state index contributed by atoms with van der Waals surface area (Å²) < 4.78 is 2.42. The second kappa shape index (κ2) is 6.18. The molecule has 3 rings (SSSR count). The first kappa shape index (κ1) is 14.6. The number of nitrogens with one attached hydrogen (secondary N) is 1. The van der Waals surface area contributed by atoms with Gasteiger partial charge in [-0.05, 0) is 62.9 Å². The molecule has 3 nitrogen and oxygen atoms in total. The lowest BCUT2D eigenvalue weighted by Gasteiger charge is -2.33. The van der Waals surface area contributed by atoms with Crippen molar-refractivity contribution in [1.29, 1.82) is 0 Å². The fourth-order valence-electron chi connectivity index (χ4n) is 3.56. The molecule has 1 aliphatic rings. The minimum atomic E-state index is 0.553. The highest BCUT2D eigenvalue weighted by atomic mass is 15.1. The van der Waals surface area contributed by atoms with Gasteiger partial charge in [0.25, 0.3) is 0 Å². The van der Waals surface area contributed by atoms with Crippen LogP contribution >= 0.6 is 0 Å². The average molecular weight is 285 g/mol. The molecular formula is C18H27N3. The maximum atomic E-state index is 4.65. The molecule has 0 bridgehead atoms. The van der Waals surface area contributed by atoms with Gasteiger partial charge in [-0.2, -0.15) is 0 Å². The summed E-state index contributed by atoms with van der Waals surface area (Å²) in [5, 5.41) is 3.75. The molecule has 21 heavy (non-hydrogen) atoms. The molecule has 0 aliphatic heterocycles. The van der Waals surface area contributed by atoms with E-state index < -0.39 is 0 Å². The van der Waals surface area contributed by atoms with Gasteiger partial charge in [-0.3, -0.25) is 0 Å². The lowest BCUT2D eigenvalue weighted by Crippen LogP contribution is -2.40. The number of hydrogen-bond donors (Lipinski definition) is 1. The Labute approximate surface area is 127 Å². The Morgan fingerprint density at radius 3 is 2.76 bits per heavy atom. The van der Waals surface area contributed by atoms with E-state index in [0.717, 1.165) is 12.1 Å². The highest BCUT2D eigenvalue weighted by molar-refractivity contribution is 5.77. The van der Waals surface area contributed by atoms with Crippen molar-refractivity contribution < 1.29 is 0 Å². The number of aryl methyl sites for hydroxylation is 2. The van der Waals surface area contributed by atoms with E-state index in [4.69, 9.17) is 0 Å². The zero-order valence-electron chi connectivity index (χ0n) is 13.5. The van der Waals surface area contributed by atoms with Crippen molar-refractivity contribution in [3.63, 3.8) is 0 Å². The van der Waals surface area contributed by atoms with Gasteiger partial charge in [-0.25, -0.2) is 4.98 Å². The third-order valence-electron chi connectivity index (χ3n) is 4.93. The Balaban J connectivity index is 1.95. The molecule has 1 aliphatic carbocycles. The first-order valence-corrected chi connectivity index (χ1v) is 8.38. The zero-order chi connectivity index (χ0) is 14.8. The van der Waals surface area contributed by atoms with E-state index in [9.17, 15) is 0 Å². The maximum Gasteiger partial charge on any atom is 0.0961 e. The largest absolute Gasteiger partial charge is 0.326 e. The first-order chi connectivity index (χ1) is 10.2. The van der Waals surface area contributed by atoms with E-state index in [1.165, 1.54) is 48.7 Å². The van der Waals surface area contributed by atoms with Gasteiger partial charge in [0.1, 0.15) is 0 Å². The van der Waals surface area contributed by atoms with Gasteiger partial charge in [0.05, 0.1) is 23.4 Å². The van der Waals surface area contributed by atoms with Crippen LogP contribution in [0.5, 0.6) is 0 Å². The summed E-state index contributed by atoms with van der Waals surface area (Å²) in [6.07, 6.45) is 8.49. The minimum Gasteiger partial charge on any atom is -0.326 e. The molecule has 1 aromatic heterocycles. The van der Waals surface area contributed by atoms with Gasteiger partial charge in [0.2, 0.25) is 0 Å². The van der Waals surface area contributed by atoms with Crippen molar-refractivity contribution in [2.75, 3.05) is 6.54 Å². The van der Waals surface area contributed by atoms with E-state index in [0.29, 0.717) is 12.1 Å². The standard InChI is InChI=1S/C18H27N3/c1-4-9-19-15-7-5-6-8-17(15)21-12-20-16-10-13(2)14(3)11-18(16)21/h10-12,15,17,19H,4-9H2,1-3H3. The summed E-state index contributed by atoms with van der Waals surface area (Å²) in [7, 11) is 0. The smallest absolute Gasteiger partial charge is 0.0961 e. The highest BCUT2D eigenvalue weighted by Crippen LogP contribution is 2.32. The Hall–Kier alpha value is -1.35. The van der Waals surface area contributed by atoms with Crippen LogP contribution < -0.4 is 5.32 Å². The van der Waals surface area contributed by atoms with Crippen LogP contribution in [-0.4, -0.2) is 22.1 Å². The van der Waals surface area contributed by atoms with Crippen molar-refractivity contribution in [3.05, 3.63) is 29.6 Å². The summed E-state index contributed by atoms with van der Waals surface area (Å²) in [6, 6.07) is 5.68. The SMILES string of the molecule is CCCNC1CCCCC1n1cnc2cc(C)c(C)cc21. The lowest BCUT2D eigenvalue weighted by molar-refractivity contribution is 0.267. The Bertz CT molecular complexity index is 614. The van der Waals surface area contributed by atoms with Gasteiger partial charge in [-0.15, -0.1) is 0 Å². The summed E-state index contributed by atoms with van der Waals surface area (Å²) in [5.74, 6) is 0. The molecule has 1 heterocycles. The molecule has 1 fully saturated rings. The number of benzene rings is 1. The summed E-state index contributed by atoms with van der Waals surface area (Å²) >= 11 is 0. The molecule has 114 valence electrons. The molecule has 2 unspecified atom stereocenters. The van der Waals surface area contributed by atoms with Crippen molar-refractivity contribution in [3.8, 4) is 0 Å². The van der Waals surface area contributed by atoms with Crippen LogP contribution in [0.3, 0.4) is 0 Å². The lowest BCUT2D eigenvalue weighted by atomic mass is 9.90. The molecule has 0 spiro atoms. The number of nitrogens with zero attached hydrogens (tertiary/aromatic N) is 2. The molecule has 1 aromatic carbocycles. The average Bonchev–Trinajstić information content (AvgIpc) is 2.88. The van der Waals surface area contributed by atoms with Gasteiger partial charge in [0.15, 0.2) is 0 Å². The van der Waals surface area contributed by atoms with Gasteiger partial charge in [-0.1, -0.05) is 19.8 Å². The van der Waals surface area contributed by atoms with Crippen molar-refractivity contribution in [2.24, 2.45) is 0 Å². The number of rotatable bonds is 4. The van der Waals surface area contributed by atoms with Crippen LogP contribution in [0, 0.1) is 13.8 Å². The molecule has 1 N–H and O–H groups in total. The fraction of sp³-hybridized carbons (Fsp3) is 0.611. The highest BCUT2D eigenvalue weighted by Gasteiger charge is 2.27. The fourth-order valence-corrected chi connectivity index (χ4v) is 3.56. The predicted molar refractivity (Wildman–Crippen MR) is 88.8 cm³/mol. The summed E-state index contributed by atoms with van der Waals surface area (Å²) in [4.78, 5) is 4.65. The topological polar surface area (TPSA) is 29.9 Å². The normalized spacial score (nSPS) is 22.8.